The predicted octanol–water partition coefficient (Wildman–Crippen LogP) is 5.11. The second-order valence-corrected chi connectivity index (χ2v) is 13.0. The minimum absolute atomic E-state index is 0.0625. The lowest BCUT2D eigenvalue weighted by molar-refractivity contribution is -0.118. The minimum Gasteiger partial charge on any atom is -0.493 e. The van der Waals surface area contributed by atoms with Gasteiger partial charge in [-0.25, -0.2) is 4.39 Å². The van der Waals surface area contributed by atoms with Crippen LogP contribution in [0.5, 0.6) is 5.75 Å². The Morgan fingerprint density at radius 1 is 1.11 bits per heavy atom. The lowest BCUT2D eigenvalue weighted by Gasteiger charge is -2.31. The highest BCUT2D eigenvalue weighted by atomic mass is 32.2. The Balaban J connectivity index is 1.24. The third-order valence-corrected chi connectivity index (χ3v) is 8.83. The van der Waals surface area contributed by atoms with Gasteiger partial charge >= 0.3 is 0 Å². The Kier molecular flexibility index (Phi) is 10.2. The summed E-state index contributed by atoms with van der Waals surface area (Å²) in [5, 5.41) is 6.79. The second kappa shape index (κ2) is 14.3. The van der Waals surface area contributed by atoms with Crippen LogP contribution in [0.3, 0.4) is 0 Å². The largest absolute Gasteiger partial charge is 0.493 e. The highest BCUT2D eigenvalue weighted by Gasteiger charge is 2.25. The van der Waals surface area contributed by atoms with E-state index in [1.54, 1.807) is 16.9 Å². The summed E-state index contributed by atoms with van der Waals surface area (Å²) < 4.78 is 52.7. The van der Waals surface area contributed by atoms with Crippen molar-refractivity contribution in [2.24, 2.45) is 0 Å². The fourth-order valence-electron chi connectivity index (χ4n) is 5.58. The number of benzene rings is 3. The smallest absolute Gasteiger partial charge is 0.266 e. The highest BCUT2D eigenvalue weighted by molar-refractivity contribution is 7.85. The van der Waals surface area contributed by atoms with E-state index in [2.05, 4.69) is 10.4 Å². The van der Waals surface area contributed by atoms with Crippen LogP contribution in [0.2, 0.25) is 0 Å². The Bertz CT molecular complexity index is 1860. The summed E-state index contributed by atoms with van der Waals surface area (Å²) in [6, 6.07) is 16.0. The van der Waals surface area contributed by atoms with Crippen LogP contribution >= 0.6 is 0 Å². The third kappa shape index (κ3) is 7.99. The van der Waals surface area contributed by atoms with Crippen LogP contribution in [-0.2, 0) is 27.9 Å². The van der Waals surface area contributed by atoms with Gasteiger partial charge in [-0.1, -0.05) is 30.3 Å². The molecule has 0 fully saturated rings. The molecular weight excluding hydrogens is 611 g/mol. The van der Waals surface area contributed by atoms with Gasteiger partial charge in [0, 0.05) is 37.0 Å². The predicted molar refractivity (Wildman–Crippen MR) is 173 cm³/mol. The molecule has 4 aromatic rings. The molecule has 242 valence electrons. The first-order valence-corrected chi connectivity index (χ1v) is 16.8. The summed E-state index contributed by atoms with van der Waals surface area (Å²) in [5.74, 6) is -1.30. The zero-order valence-electron chi connectivity index (χ0n) is 25.8. The van der Waals surface area contributed by atoms with E-state index in [9.17, 15) is 22.4 Å². The van der Waals surface area contributed by atoms with E-state index in [-0.39, 0.29) is 24.6 Å². The van der Waals surface area contributed by atoms with Gasteiger partial charge in [-0.3, -0.25) is 18.8 Å². The van der Waals surface area contributed by atoms with Crippen molar-refractivity contribution in [3.05, 3.63) is 101 Å². The van der Waals surface area contributed by atoms with Crippen molar-refractivity contribution in [3.8, 4) is 16.9 Å². The maximum Gasteiger partial charge on any atom is 0.266 e. The standard InChI is InChI=1S/C34H37FN4O6S/c1-23-7-3-11-32(24(23)2)45-17-6-12-33(40)39-16-5-9-28-27(8-4-10-31(28)39)26-20-37-38(22-26)21-25-13-14-30(35)29(19-25)34(41)36-15-18-46(42,43)44/h3-4,7-8,10-11,13-14,19-20,22H,5-6,9,12,15-18,21H2,1-2H3,(H,36,41)(H,42,43,44). The molecule has 2 amide bonds. The minimum atomic E-state index is -4.26. The number of hydrogen-bond acceptors (Lipinski definition) is 6. The van der Waals surface area contributed by atoms with Crippen LogP contribution < -0.4 is 15.0 Å². The number of hydrogen-bond donors (Lipinski definition) is 2. The molecule has 0 saturated carbocycles. The first kappa shape index (κ1) is 32.8. The zero-order chi connectivity index (χ0) is 32.8. The van der Waals surface area contributed by atoms with E-state index in [0.717, 1.165) is 46.5 Å². The van der Waals surface area contributed by atoms with Crippen LogP contribution in [0, 0.1) is 19.7 Å². The number of aromatic nitrogens is 2. The molecule has 1 aliphatic heterocycles. The van der Waals surface area contributed by atoms with Crippen LogP contribution in [0.1, 0.15) is 51.9 Å². The Morgan fingerprint density at radius 2 is 1.91 bits per heavy atom. The number of nitrogens with one attached hydrogen (secondary N) is 1. The van der Waals surface area contributed by atoms with Crippen molar-refractivity contribution in [1.29, 1.82) is 0 Å². The molecule has 0 aliphatic carbocycles. The Labute approximate surface area is 267 Å². The molecule has 12 heteroatoms. The number of amides is 2. The summed E-state index contributed by atoms with van der Waals surface area (Å²) in [5.41, 5.74) is 6.50. The molecule has 2 N–H and O–H groups in total. The topological polar surface area (TPSA) is 131 Å². The molecule has 5 rings (SSSR count). The molecular formula is C34H37FN4O6S. The summed E-state index contributed by atoms with van der Waals surface area (Å²) in [6.45, 7) is 5.10. The zero-order valence-corrected chi connectivity index (χ0v) is 26.6. The molecule has 0 saturated heterocycles. The van der Waals surface area contributed by atoms with Gasteiger partial charge in [0.05, 0.1) is 30.7 Å². The number of fused-ring (bicyclic) bond motifs is 1. The van der Waals surface area contributed by atoms with Crippen molar-refractivity contribution in [1.82, 2.24) is 15.1 Å². The van der Waals surface area contributed by atoms with Crippen LogP contribution in [0.15, 0.2) is 67.0 Å². The molecule has 0 bridgehead atoms. The van der Waals surface area contributed by atoms with Crippen molar-refractivity contribution in [2.45, 2.75) is 46.1 Å². The van der Waals surface area contributed by atoms with Gasteiger partial charge in [-0.05, 0) is 85.2 Å². The van der Waals surface area contributed by atoms with Gasteiger partial charge in [-0.15, -0.1) is 0 Å². The summed E-state index contributed by atoms with van der Waals surface area (Å²) >= 11 is 0. The van der Waals surface area contributed by atoms with E-state index in [1.165, 1.54) is 17.7 Å². The number of ether oxygens (including phenoxy) is 1. The van der Waals surface area contributed by atoms with E-state index < -0.39 is 27.6 Å². The first-order chi connectivity index (χ1) is 22.0. The van der Waals surface area contributed by atoms with Gasteiger partial charge in [0.25, 0.3) is 16.0 Å². The average Bonchev–Trinajstić information content (AvgIpc) is 3.49. The summed E-state index contributed by atoms with van der Waals surface area (Å²) in [7, 11) is -4.26. The molecule has 1 aliphatic rings. The number of carbonyl (C=O) groups excluding carboxylic acids is 2. The maximum absolute atomic E-state index is 14.4. The molecule has 0 radical (unpaired) electrons. The fourth-order valence-corrected chi connectivity index (χ4v) is 5.94. The Morgan fingerprint density at radius 3 is 2.72 bits per heavy atom. The number of carbonyl (C=O) groups is 2. The average molecular weight is 649 g/mol. The molecule has 0 spiro atoms. The number of halogens is 1. The number of nitrogens with zero attached hydrogens (tertiary/aromatic N) is 3. The van der Waals surface area contributed by atoms with E-state index in [0.29, 0.717) is 31.6 Å². The van der Waals surface area contributed by atoms with Crippen LogP contribution in [-0.4, -0.2) is 60.0 Å². The molecule has 3 aromatic carbocycles. The molecule has 46 heavy (non-hydrogen) atoms. The molecule has 10 nitrogen and oxygen atoms in total. The number of rotatable bonds is 12. The van der Waals surface area contributed by atoms with Gasteiger partial charge in [0.15, 0.2) is 0 Å². The summed E-state index contributed by atoms with van der Waals surface area (Å²) in [4.78, 5) is 27.6. The van der Waals surface area contributed by atoms with Crippen LogP contribution in [0.4, 0.5) is 10.1 Å². The first-order valence-electron chi connectivity index (χ1n) is 15.2. The number of aryl methyl sites for hydroxylation is 1. The van der Waals surface area contributed by atoms with Crippen LogP contribution in [0.25, 0.3) is 11.1 Å². The van der Waals surface area contributed by atoms with Crippen molar-refractivity contribution < 1.29 is 31.7 Å². The van der Waals surface area contributed by atoms with Crippen molar-refractivity contribution in [2.75, 3.05) is 30.3 Å². The second-order valence-electron chi connectivity index (χ2n) is 11.4. The number of anilines is 1. The molecule has 0 unspecified atom stereocenters. The lowest BCUT2D eigenvalue weighted by atomic mass is 9.93. The van der Waals surface area contributed by atoms with E-state index in [4.69, 9.17) is 9.29 Å². The lowest BCUT2D eigenvalue weighted by Crippen LogP contribution is -2.35. The maximum atomic E-state index is 14.4. The SMILES string of the molecule is Cc1cccc(OCCCC(=O)N2CCCc3c(-c4cnn(Cc5ccc(F)c(C(=O)NCCS(=O)(=O)O)c5)c4)cccc32)c1C. The van der Waals surface area contributed by atoms with Gasteiger partial charge < -0.3 is 15.0 Å². The van der Waals surface area contributed by atoms with Crippen molar-refractivity contribution in [3.63, 3.8) is 0 Å². The van der Waals surface area contributed by atoms with Crippen molar-refractivity contribution >= 4 is 27.6 Å². The molecule has 0 atom stereocenters. The highest BCUT2D eigenvalue weighted by Crippen LogP contribution is 2.36. The molecule has 1 aromatic heterocycles. The van der Waals surface area contributed by atoms with Gasteiger partial charge in [0.1, 0.15) is 11.6 Å². The normalized spacial score (nSPS) is 12.9. The quantitative estimate of drug-likeness (QED) is 0.161. The monoisotopic (exact) mass is 648 g/mol. The summed E-state index contributed by atoms with van der Waals surface area (Å²) in [6.07, 6.45) is 6.27. The third-order valence-electron chi connectivity index (χ3n) is 8.11. The van der Waals surface area contributed by atoms with E-state index >= 15 is 0 Å². The Hall–Kier alpha value is -4.55. The molecule has 2 heterocycles. The van der Waals surface area contributed by atoms with Gasteiger partial charge in [-0.2, -0.15) is 13.5 Å². The van der Waals surface area contributed by atoms with Gasteiger partial charge in [0.2, 0.25) is 5.91 Å². The van der Waals surface area contributed by atoms with E-state index in [1.807, 2.05) is 61.3 Å². The fraction of sp³-hybridized carbons (Fsp3) is 0.324.